The average molecular weight is 466 g/mol. The Morgan fingerprint density at radius 2 is 1.68 bits per heavy atom. The second-order valence-electron chi connectivity index (χ2n) is 7.11. The lowest BCUT2D eigenvalue weighted by Gasteiger charge is -2.31. The van der Waals surface area contributed by atoms with Crippen LogP contribution < -0.4 is 15.4 Å². The van der Waals surface area contributed by atoms with E-state index in [1.807, 2.05) is 0 Å². The number of nitrogens with zero attached hydrogens (tertiary/aromatic N) is 1. The first-order chi connectivity index (χ1) is 14.8. The first-order valence-corrected chi connectivity index (χ1v) is 11.6. The van der Waals surface area contributed by atoms with Crippen LogP contribution >= 0.6 is 11.6 Å². The van der Waals surface area contributed by atoms with E-state index in [1.165, 1.54) is 23.5 Å². The normalized spacial score (nSPS) is 15.3. The Balaban J connectivity index is 1.46. The standard InChI is InChI=1S/C21H24ClN3O5S/c1-30-18-6-8-19(9-7-18)31(28,29)25-12-10-17(11-13-25)24-20(26)14-23-21(27)15-2-4-16(22)5-3-15/h2-9,17H,10-14H2,1H3,(H,23,27)(H,24,26). The van der Waals surface area contributed by atoms with Crippen LogP contribution in [0.15, 0.2) is 53.4 Å². The molecule has 2 amide bonds. The van der Waals surface area contributed by atoms with E-state index >= 15 is 0 Å². The lowest BCUT2D eigenvalue weighted by molar-refractivity contribution is -0.121. The Bertz CT molecular complexity index is 1020. The number of ether oxygens (including phenoxy) is 1. The highest BCUT2D eigenvalue weighted by molar-refractivity contribution is 7.89. The molecule has 31 heavy (non-hydrogen) atoms. The Hall–Kier alpha value is -2.62. The molecule has 2 aromatic rings. The third-order valence-corrected chi connectivity index (χ3v) is 7.20. The molecule has 3 rings (SSSR count). The van der Waals surface area contributed by atoms with Gasteiger partial charge in [0.25, 0.3) is 5.91 Å². The van der Waals surface area contributed by atoms with Crippen molar-refractivity contribution in [2.45, 2.75) is 23.8 Å². The summed E-state index contributed by atoms with van der Waals surface area (Å²) in [5.74, 6) is -0.102. The lowest BCUT2D eigenvalue weighted by Crippen LogP contribution is -2.48. The molecule has 0 bridgehead atoms. The SMILES string of the molecule is COc1ccc(S(=O)(=O)N2CCC(NC(=O)CNC(=O)c3ccc(Cl)cc3)CC2)cc1. The number of piperidine rings is 1. The van der Waals surface area contributed by atoms with Crippen LogP contribution in [0.25, 0.3) is 0 Å². The number of hydrogen-bond acceptors (Lipinski definition) is 5. The summed E-state index contributed by atoms with van der Waals surface area (Å²) < 4.78 is 32.1. The van der Waals surface area contributed by atoms with Crippen molar-refractivity contribution in [3.8, 4) is 5.75 Å². The maximum absolute atomic E-state index is 12.8. The van der Waals surface area contributed by atoms with Crippen LogP contribution in [0.5, 0.6) is 5.75 Å². The highest BCUT2D eigenvalue weighted by Crippen LogP contribution is 2.22. The molecule has 1 aliphatic heterocycles. The van der Waals surface area contributed by atoms with Gasteiger partial charge < -0.3 is 15.4 Å². The van der Waals surface area contributed by atoms with Crippen molar-refractivity contribution in [1.29, 1.82) is 0 Å². The summed E-state index contributed by atoms with van der Waals surface area (Å²) in [5, 5.41) is 5.93. The van der Waals surface area contributed by atoms with E-state index in [-0.39, 0.29) is 29.3 Å². The summed E-state index contributed by atoms with van der Waals surface area (Å²) >= 11 is 5.80. The zero-order chi connectivity index (χ0) is 22.4. The van der Waals surface area contributed by atoms with E-state index < -0.39 is 10.0 Å². The minimum Gasteiger partial charge on any atom is -0.497 e. The predicted molar refractivity (Wildman–Crippen MR) is 117 cm³/mol. The molecular weight excluding hydrogens is 442 g/mol. The zero-order valence-electron chi connectivity index (χ0n) is 17.0. The van der Waals surface area contributed by atoms with Crippen LogP contribution in [0, 0.1) is 0 Å². The topological polar surface area (TPSA) is 105 Å². The number of nitrogens with one attached hydrogen (secondary N) is 2. The van der Waals surface area contributed by atoms with Crippen molar-refractivity contribution in [3.05, 3.63) is 59.1 Å². The van der Waals surface area contributed by atoms with Crippen LogP contribution in [0.4, 0.5) is 0 Å². The minimum atomic E-state index is -3.60. The minimum absolute atomic E-state index is 0.151. The fourth-order valence-electron chi connectivity index (χ4n) is 3.28. The molecule has 166 valence electrons. The third kappa shape index (κ3) is 5.96. The summed E-state index contributed by atoms with van der Waals surface area (Å²) in [6.45, 7) is 0.443. The van der Waals surface area contributed by atoms with Gasteiger partial charge in [0.15, 0.2) is 0 Å². The van der Waals surface area contributed by atoms with Gasteiger partial charge in [-0.1, -0.05) is 11.6 Å². The van der Waals surface area contributed by atoms with E-state index in [2.05, 4.69) is 10.6 Å². The zero-order valence-corrected chi connectivity index (χ0v) is 18.6. The van der Waals surface area contributed by atoms with Crippen molar-refractivity contribution in [2.24, 2.45) is 0 Å². The van der Waals surface area contributed by atoms with Gasteiger partial charge in [-0.25, -0.2) is 8.42 Å². The Labute approximate surface area is 186 Å². The van der Waals surface area contributed by atoms with Crippen molar-refractivity contribution >= 4 is 33.4 Å². The van der Waals surface area contributed by atoms with Crippen LogP contribution in [0.1, 0.15) is 23.2 Å². The van der Waals surface area contributed by atoms with Gasteiger partial charge in [0, 0.05) is 29.7 Å². The van der Waals surface area contributed by atoms with Crippen molar-refractivity contribution in [3.63, 3.8) is 0 Å². The summed E-state index contributed by atoms with van der Waals surface area (Å²) in [6, 6.07) is 12.5. The average Bonchev–Trinajstić information content (AvgIpc) is 2.78. The summed E-state index contributed by atoms with van der Waals surface area (Å²) in [5.41, 5.74) is 0.411. The van der Waals surface area contributed by atoms with Gasteiger partial charge in [-0.15, -0.1) is 0 Å². The Morgan fingerprint density at radius 1 is 1.06 bits per heavy atom. The van der Waals surface area contributed by atoms with Gasteiger partial charge >= 0.3 is 0 Å². The van der Waals surface area contributed by atoms with E-state index in [0.717, 1.165) is 0 Å². The molecule has 10 heteroatoms. The summed E-state index contributed by atoms with van der Waals surface area (Å²) in [4.78, 5) is 24.4. The second kappa shape index (κ2) is 10.1. The van der Waals surface area contributed by atoms with E-state index in [9.17, 15) is 18.0 Å². The molecule has 1 heterocycles. The van der Waals surface area contributed by atoms with Gasteiger partial charge in [0.2, 0.25) is 15.9 Å². The lowest BCUT2D eigenvalue weighted by atomic mass is 10.1. The van der Waals surface area contributed by atoms with Gasteiger partial charge in [0.1, 0.15) is 5.75 Å². The molecule has 1 saturated heterocycles. The smallest absolute Gasteiger partial charge is 0.251 e. The molecule has 0 aromatic heterocycles. The molecule has 8 nitrogen and oxygen atoms in total. The highest BCUT2D eigenvalue weighted by Gasteiger charge is 2.30. The van der Waals surface area contributed by atoms with Crippen LogP contribution in [0.2, 0.25) is 5.02 Å². The summed E-state index contributed by atoms with van der Waals surface area (Å²) in [6.07, 6.45) is 0.985. The Morgan fingerprint density at radius 3 is 2.26 bits per heavy atom. The predicted octanol–water partition coefficient (Wildman–Crippen LogP) is 2.05. The monoisotopic (exact) mass is 465 g/mol. The maximum atomic E-state index is 12.8. The van der Waals surface area contributed by atoms with Crippen molar-refractivity contribution < 1.29 is 22.7 Å². The number of benzene rings is 2. The van der Waals surface area contributed by atoms with Crippen molar-refractivity contribution in [2.75, 3.05) is 26.7 Å². The number of carbonyl (C=O) groups excluding carboxylic acids is 2. The molecule has 0 saturated carbocycles. The highest BCUT2D eigenvalue weighted by atomic mass is 35.5. The van der Waals surface area contributed by atoms with E-state index in [1.54, 1.807) is 36.4 Å². The van der Waals surface area contributed by atoms with Crippen molar-refractivity contribution in [1.82, 2.24) is 14.9 Å². The number of amides is 2. The number of methoxy groups -OCH3 is 1. The number of carbonyl (C=O) groups is 2. The molecule has 2 aromatic carbocycles. The molecule has 0 radical (unpaired) electrons. The molecule has 0 atom stereocenters. The number of hydrogen-bond donors (Lipinski definition) is 2. The quantitative estimate of drug-likeness (QED) is 0.651. The number of halogens is 1. The first-order valence-electron chi connectivity index (χ1n) is 9.77. The molecule has 1 fully saturated rings. The fraction of sp³-hybridized carbons (Fsp3) is 0.333. The molecular formula is C21H24ClN3O5S. The maximum Gasteiger partial charge on any atom is 0.251 e. The molecule has 2 N–H and O–H groups in total. The molecule has 0 aliphatic carbocycles. The van der Waals surface area contributed by atoms with Gasteiger partial charge in [-0.05, 0) is 61.4 Å². The van der Waals surface area contributed by atoms with Crippen LogP contribution in [-0.2, 0) is 14.8 Å². The molecule has 0 spiro atoms. The van der Waals surface area contributed by atoms with Crippen LogP contribution in [-0.4, -0.2) is 57.3 Å². The third-order valence-electron chi connectivity index (χ3n) is 5.03. The summed E-state index contributed by atoms with van der Waals surface area (Å²) in [7, 11) is -2.08. The number of rotatable bonds is 7. The largest absolute Gasteiger partial charge is 0.497 e. The number of sulfonamides is 1. The van der Waals surface area contributed by atoms with Crippen LogP contribution in [0.3, 0.4) is 0 Å². The first kappa shape index (κ1) is 23.1. The fourth-order valence-corrected chi connectivity index (χ4v) is 4.88. The van der Waals surface area contributed by atoms with Gasteiger partial charge in [-0.3, -0.25) is 9.59 Å². The van der Waals surface area contributed by atoms with E-state index in [4.69, 9.17) is 16.3 Å². The Kier molecular flexibility index (Phi) is 7.53. The van der Waals surface area contributed by atoms with Gasteiger partial charge in [0.05, 0.1) is 18.6 Å². The van der Waals surface area contributed by atoms with Gasteiger partial charge in [-0.2, -0.15) is 4.31 Å². The molecule has 0 unspecified atom stereocenters. The van der Waals surface area contributed by atoms with E-state index in [0.29, 0.717) is 42.3 Å². The molecule has 1 aliphatic rings. The second-order valence-corrected chi connectivity index (χ2v) is 9.49.